The summed E-state index contributed by atoms with van der Waals surface area (Å²) in [6, 6.07) is 11.2. The number of aromatic nitrogens is 1. The first kappa shape index (κ1) is 11.1. The van der Waals surface area contributed by atoms with E-state index in [1.54, 1.807) is 12.1 Å². The molecule has 0 aliphatic carbocycles. The number of rotatable bonds is 2. The zero-order valence-corrected chi connectivity index (χ0v) is 8.85. The molecule has 0 bridgehead atoms. The van der Waals surface area contributed by atoms with Crippen molar-refractivity contribution in [1.82, 2.24) is 4.98 Å². The Balaban J connectivity index is 1.98. The molecule has 1 heterocycles. The van der Waals surface area contributed by atoms with Gasteiger partial charge in [-0.1, -0.05) is 18.2 Å². The Morgan fingerprint density at radius 2 is 1.76 bits per heavy atom. The molecular formula is C12H10FN3O. The number of amides is 2. The number of para-hydroxylation sites is 1. The second-order valence-corrected chi connectivity index (χ2v) is 3.31. The number of carbonyl (C=O) groups excluding carboxylic acids is 1. The van der Waals surface area contributed by atoms with Crippen LogP contribution in [0.5, 0.6) is 0 Å². The van der Waals surface area contributed by atoms with Crippen molar-refractivity contribution in [2.24, 2.45) is 0 Å². The van der Waals surface area contributed by atoms with E-state index < -0.39 is 12.0 Å². The summed E-state index contributed by atoms with van der Waals surface area (Å²) in [6.07, 6.45) is 1.29. The van der Waals surface area contributed by atoms with Crippen LogP contribution >= 0.6 is 0 Å². The molecule has 0 saturated heterocycles. The molecule has 0 spiro atoms. The Hall–Kier alpha value is -2.43. The van der Waals surface area contributed by atoms with Gasteiger partial charge in [0, 0.05) is 23.6 Å². The molecule has 86 valence electrons. The molecule has 0 unspecified atom stereocenters. The van der Waals surface area contributed by atoms with Crippen molar-refractivity contribution in [3.05, 3.63) is 54.6 Å². The largest absolute Gasteiger partial charge is 0.323 e. The van der Waals surface area contributed by atoms with E-state index in [2.05, 4.69) is 15.6 Å². The molecular weight excluding hydrogens is 221 g/mol. The fraction of sp³-hybridized carbons (Fsp3) is 0. The van der Waals surface area contributed by atoms with Gasteiger partial charge in [-0.05, 0) is 18.2 Å². The highest BCUT2D eigenvalue weighted by Gasteiger charge is 2.02. The van der Waals surface area contributed by atoms with Crippen molar-refractivity contribution in [2.45, 2.75) is 0 Å². The summed E-state index contributed by atoms with van der Waals surface area (Å²) >= 11 is 0. The minimum atomic E-state index is -0.637. The molecule has 5 heteroatoms. The summed E-state index contributed by atoms with van der Waals surface area (Å²) in [6.45, 7) is 0. The maximum Gasteiger partial charge on any atom is 0.323 e. The van der Waals surface area contributed by atoms with Gasteiger partial charge in [-0.2, -0.15) is 4.39 Å². The van der Waals surface area contributed by atoms with Gasteiger partial charge in [-0.15, -0.1) is 0 Å². The van der Waals surface area contributed by atoms with E-state index in [9.17, 15) is 9.18 Å². The topological polar surface area (TPSA) is 54.0 Å². The summed E-state index contributed by atoms with van der Waals surface area (Å²) in [5, 5.41) is 5.12. The highest BCUT2D eigenvalue weighted by molar-refractivity contribution is 5.99. The summed E-state index contributed by atoms with van der Waals surface area (Å²) in [4.78, 5) is 14.9. The van der Waals surface area contributed by atoms with Crippen molar-refractivity contribution in [2.75, 3.05) is 10.6 Å². The smallest absolute Gasteiger partial charge is 0.308 e. The monoisotopic (exact) mass is 231 g/mol. The molecule has 2 N–H and O–H groups in total. The van der Waals surface area contributed by atoms with E-state index in [4.69, 9.17) is 0 Å². The first-order valence-corrected chi connectivity index (χ1v) is 4.98. The maximum atomic E-state index is 12.8. The van der Waals surface area contributed by atoms with E-state index >= 15 is 0 Å². The number of pyridine rings is 1. The van der Waals surface area contributed by atoms with Crippen LogP contribution in [0.2, 0.25) is 0 Å². The molecule has 2 aromatic rings. The Morgan fingerprint density at radius 3 is 2.47 bits per heavy atom. The Bertz CT molecular complexity index is 516. The molecule has 0 radical (unpaired) electrons. The second-order valence-electron chi connectivity index (χ2n) is 3.31. The van der Waals surface area contributed by atoms with Gasteiger partial charge < -0.3 is 10.6 Å². The quantitative estimate of drug-likeness (QED) is 0.781. The lowest BCUT2D eigenvalue weighted by Crippen LogP contribution is -2.19. The van der Waals surface area contributed by atoms with Crippen LogP contribution in [0.4, 0.5) is 20.6 Å². The Morgan fingerprint density at radius 1 is 1.06 bits per heavy atom. The van der Waals surface area contributed by atoms with Gasteiger partial charge in [-0.3, -0.25) is 0 Å². The predicted molar refractivity (Wildman–Crippen MR) is 63.3 cm³/mol. The van der Waals surface area contributed by atoms with Crippen LogP contribution in [-0.2, 0) is 0 Å². The van der Waals surface area contributed by atoms with Crippen molar-refractivity contribution in [1.29, 1.82) is 0 Å². The van der Waals surface area contributed by atoms with E-state index in [1.165, 1.54) is 12.3 Å². The molecule has 1 aromatic carbocycles. The lowest BCUT2D eigenvalue weighted by atomic mass is 10.3. The molecule has 0 aliphatic rings. The number of carbonyl (C=O) groups is 1. The maximum absolute atomic E-state index is 12.8. The summed E-state index contributed by atoms with van der Waals surface area (Å²) in [5.41, 5.74) is 1.02. The third kappa shape index (κ3) is 3.27. The zero-order valence-electron chi connectivity index (χ0n) is 8.85. The normalized spacial score (nSPS) is 9.71. The molecule has 4 nitrogen and oxygen atoms in total. The predicted octanol–water partition coefficient (Wildman–Crippen LogP) is 2.86. The third-order valence-electron chi connectivity index (χ3n) is 2.02. The fourth-order valence-corrected chi connectivity index (χ4v) is 1.30. The third-order valence-corrected chi connectivity index (χ3v) is 2.02. The molecule has 2 rings (SSSR count). The number of nitrogens with zero attached hydrogens (tertiary/aromatic N) is 1. The van der Waals surface area contributed by atoms with Gasteiger partial charge in [0.05, 0.1) is 0 Å². The van der Waals surface area contributed by atoms with Gasteiger partial charge in [0.2, 0.25) is 5.95 Å². The van der Waals surface area contributed by atoms with E-state index in [1.807, 2.05) is 18.2 Å². The SMILES string of the molecule is O=C(Nc1ccccc1)Nc1ccnc(F)c1. The molecule has 0 saturated carbocycles. The summed E-state index contributed by atoms with van der Waals surface area (Å²) < 4.78 is 12.8. The number of hydrogen-bond acceptors (Lipinski definition) is 2. The van der Waals surface area contributed by atoms with Gasteiger partial charge >= 0.3 is 6.03 Å². The van der Waals surface area contributed by atoms with Crippen molar-refractivity contribution < 1.29 is 9.18 Å². The molecule has 0 atom stereocenters. The zero-order chi connectivity index (χ0) is 12.1. The minimum absolute atomic E-state index is 0.353. The Kier molecular flexibility index (Phi) is 3.30. The van der Waals surface area contributed by atoms with Crippen LogP contribution in [-0.4, -0.2) is 11.0 Å². The van der Waals surface area contributed by atoms with Gasteiger partial charge in [-0.25, -0.2) is 9.78 Å². The minimum Gasteiger partial charge on any atom is -0.308 e. The summed E-state index contributed by atoms with van der Waals surface area (Å²) in [5.74, 6) is -0.637. The number of hydrogen-bond donors (Lipinski definition) is 2. The second kappa shape index (κ2) is 5.07. The molecule has 17 heavy (non-hydrogen) atoms. The van der Waals surface area contributed by atoms with Crippen molar-refractivity contribution in [3.8, 4) is 0 Å². The number of urea groups is 1. The lowest BCUT2D eigenvalue weighted by molar-refractivity contribution is 0.262. The average Bonchev–Trinajstić information content (AvgIpc) is 2.30. The van der Waals surface area contributed by atoms with Crippen LogP contribution < -0.4 is 10.6 Å². The van der Waals surface area contributed by atoms with E-state index in [-0.39, 0.29) is 0 Å². The molecule has 0 aliphatic heterocycles. The van der Waals surface area contributed by atoms with Crippen LogP contribution in [0.1, 0.15) is 0 Å². The lowest BCUT2D eigenvalue weighted by Gasteiger charge is -2.06. The van der Waals surface area contributed by atoms with Gasteiger partial charge in [0.1, 0.15) is 0 Å². The number of nitrogens with one attached hydrogen (secondary N) is 2. The fourth-order valence-electron chi connectivity index (χ4n) is 1.30. The van der Waals surface area contributed by atoms with Gasteiger partial charge in [0.15, 0.2) is 0 Å². The summed E-state index contributed by atoms with van der Waals surface area (Å²) in [7, 11) is 0. The highest BCUT2D eigenvalue weighted by atomic mass is 19.1. The molecule has 1 aromatic heterocycles. The van der Waals surface area contributed by atoms with Crippen LogP contribution in [0.3, 0.4) is 0 Å². The molecule has 2 amide bonds. The molecule has 0 fully saturated rings. The van der Waals surface area contributed by atoms with Crippen LogP contribution in [0.15, 0.2) is 48.7 Å². The van der Waals surface area contributed by atoms with E-state index in [0.717, 1.165) is 6.07 Å². The number of anilines is 2. The number of benzene rings is 1. The van der Waals surface area contributed by atoms with Crippen molar-refractivity contribution in [3.63, 3.8) is 0 Å². The number of halogens is 1. The average molecular weight is 231 g/mol. The first-order chi connectivity index (χ1) is 8.24. The first-order valence-electron chi connectivity index (χ1n) is 4.98. The van der Waals surface area contributed by atoms with Crippen LogP contribution in [0.25, 0.3) is 0 Å². The van der Waals surface area contributed by atoms with E-state index in [0.29, 0.717) is 11.4 Å². The standard InChI is InChI=1S/C12H10FN3O/c13-11-8-10(6-7-14-11)16-12(17)15-9-4-2-1-3-5-9/h1-8H,(H2,14,15,16,17). The van der Waals surface area contributed by atoms with Crippen molar-refractivity contribution >= 4 is 17.4 Å². The van der Waals surface area contributed by atoms with Crippen LogP contribution in [0, 0.1) is 5.95 Å². The highest BCUT2D eigenvalue weighted by Crippen LogP contribution is 2.09. The van der Waals surface area contributed by atoms with Gasteiger partial charge in [0.25, 0.3) is 0 Å². The Labute approximate surface area is 97.5 Å².